The molecule has 0 radical (unpaired) electrons. The number of carboxylic acids is 1. The number of pyridine rings is 1. The molecule has 2 aliphatic rings. The summed E-state index contributed by atoms with van der Waals surface area (Å²) in [6.07, 6.45) is 3.04. The van der Waals surface area contributed by atoms with Crippen molar-refractivity contribution in [1.82, 2.24) is 14.8 Å². The summed E-state index contributed by atoms with van der Waals surface area (Å²) in [5.41, 5.74) is 4.69. The number of aryl methyl sites for hydroxylation is 1. The molecule has 1 atom stereocenters. The van der Waals surface area contributed by atoms with E-state index in [4.69, 9.17) is 21.3 Å². The number of nitrogens with zero attached hydrogens (tertiary/aromatic N) is 4. The average molecular weight is 621 g/mol. The highest BCUT2D eigenvalue weighted by molar-refractivity contribution is 6.30. The third-order valence-electron chi connectivity index (χ3n) is 8.93. The van der Waals surface area contributed by atoms with Crippen molar-refractivity contribution >= 4 is 23.3 Å². The second-order valence-corrected chi connectivity index (χ2v) is 12.4. The van der Waals surface area contributed by atoms with Gasteiger partial charge in [-0.3, -0.25) is 4.90 Å². The Bertz CT molecular complexity index is 1480. The first kappa shape index (κ1) is 31.9. The molecule has 0 aliphatic carbocycles. The molecule has 3 heterocycles. The highest BCUT2D eigenvalue weighted by Crippen LogP contribution is 2.31. The number of aromatic carboxylic acids is 1. The van der Waals surface area contributed by atoms with E-state index in [0.717, 1.165) is 87.7 Å². The van der Waals surface area contributed by atoms with Crippen LogP contribution in [0, 0.1) is 18.7 Å². The summed E-state index contributed by atoms with van der Waals surface area (Å²) in [5, 5.41) is 10.0. The van der Waals surface area contributed by atoms with E-state index in [1.54, 1.807) is 30.3 Å². The number of likely N-dealkylation sites (tertiary alicyclic amines) is 2. The summed E-state index contributed by atoms with van der Waals surface area (Å²) in [4.78, 5) is 23.7. The normalized spacial score (nSPS) is 18.0. The number of hydrogen-bond acceptors (Lipinski definition) is 6. The van der Waals surface area contributed by atoms with Gasteiger partial charge >= 0.3 is 5.97 Å². The van der Waals surface area contributed by atoms with Gasteiger partial charge in [-0.15, -0.1) is 0 Å². The fourth-order valence-corrected chi connectivity index (χ4v) is 6.46. The van der Waals surface area contributed by atoms with Gasteiger partial charge in [-0.1, -0.05) is 43.3 Å². The number of ether oxygens (including phenoxy) is 1. The van der Waals surface area contributed by atoms with E-state index < -0.39 is 11.8 Å². The quantitative estimate of drug-likeness (QED) is 0.234. The number of carboxylic acid groups (broad SMARTS) is 1. The van der Waals surface area contributed by atoms with Gasteiger partial charge < -0.3 is 19.6 Å². The first-order valence-corrected chi connectivity index (χ1v) is 15.9. The van der Waals surface area contributed by atoms with Crippen LogP contribution < -0.4 is 9.64 Å². The van der Waals surface area contributed by atoms with Crippen LogP contribution in [0.4, 0.5) is 10.1 Å². The molecule has 1 aromatic heterocycles. The molecule has 5 rings (SSSR count). The van der Waals surface area contributed by atoms with Gasteiger partial charge in [0.1, 0.15) is 12.4 Å². The number of aromatic nitrogens is 1. The van der Waals surface area contributed by atoms with Crippen LogP contribution in [0.5, 0.6) is 5.88 Å². The van der Waals surface area contributed by atoms with Crippen molar-refractivity contribution in [1.29, 1.82) is 0 Å². The second-order valence-electron chi connectivity index (χ2n) is 12.0. The SMILES string of the molecule is C=C(CN1CCC(c2cccc(OCc3ccc(Cl)cc3F)n2)CC1)N(CC1CCN(CC)C1)c1cc(C(=O)O)ccc1C. The molecule has 0 amide bonds. The first-order valence-electron chi connectivity index (χ1n) is 15.5. The minimum Gasteiger partial charge on any atom is -0.478 e. The van der Waals surface area contributed by atoms with Crippen LogP contribution in [0.1, 0.15) is 59.3 Å². The third-order valence-corrected chi connectivity index (χ3v) is 9.17. The topological polar surface area (TPSA) is 69.1 Å². The van der Waals surface area contributed by atoms with Crippen LogP contribution in [-0.2, 0) is 6.61 Å². The highest BCUT2D eigenvalue weighted by Gasteiger charge is 2.28. The van der Waals surface area contributed by atoms with Gasteiger partial charge in [0.25, 0.3) is 0 Å². The lowest BCUT2D eigenvalue weighted by atomic mass is 9.93. The number of piperidine rings is 1. The van der Waals surface area contributed by atoms with E-state index in [0.29, 0.717) is 33.9 Å². The van der Waals surface area contributed by atoms with Crippen molar-refractivity contribution in [2.24, 2.45) is 5.92 Å². The summed E-state index contributed by atoms with van der Waals surface area (Å²) < 4.78 is 20.0. The maximum Gasteiger partial charge on any atom is 0.335 e. The molecule has 1 N–H and O–H groups in total. The highest BCUT2D eigenvalue weighted by atomic mass is 35.5. The Balaban J connectivity index is 1.21. The monoisotopic (exact) mass is 620 g/mol. The molecule has 0 bridgehead atoms. The van der Waals surface area contributed by atoms with Gasteiger partial charge in [-0.25, -0.2) is 14.2 Å². The van der Waals surface area contributed by atoms with Crippen LogP contribution in [0.2, 0.25) is 5.02 Å². The van der Waals surface area contributed by atoms with Crippen molar-refractivity contribution < 1.29 is 19.0 Å². The molecule has 1 unspecified atom stereocenters. The Morgan fingerprint density at radius 1 is 1.11 bits per heavy atom. The summed E-state index contributed by atoms with van der Waals surface area (Å²) in [6.45, 7) is 15.4. The summed E-state index contributed by atoms with van der Waals surface area (Å²) >= 11 is 5.86. The fraction of sp³-hybridized carbons (Fsp3) is 0.429. The smallest absolute Gasteiger partial charge is 0.335 e. The Morgan fingerprint density at radius 3 is 2.59 bits per heavy atom. The molecule has 9 heteroatoms. The number of anilines is 1. The molecule has 2 saturated heterocycles. The lowest BCUT2D eigenvalue weighted by molar-refractivity contribution is 0.0697. The van der Waals surface area contributed by atoms with Crippen LogP contribution in [-0.4, -0.2) is 71.7 Å². The molecule has 2 aliphatic heterocycles. The lowest BCUT2D eigenvalue weighted by Crippen LogP contribution is -2.39. The minimum absolute atomic E-state index is 0.0860. The lowest BCUT2D eigenvalue weighted by Gasteiger charge is -2.36. The molecule has 7 nitrogen and oxygen atoms in total. The Labute approximate surface area is 264 Å². The maximum atomic E-state index is 14.2. The standard InChI is InChI=1S/C35H42ClFN4O3/c1-4-39-15-12-26(21-39)22-41(33-18-28(35(42)43)9-8-24(33)2)25(3)20-40-16-13-27(14-17-40)32-6-5-7-34(38-32)44-23-29-10-11-30(36)19-31(29)37/h5-11,18-19,26-27H,3-4,12-17,20-23H2,1-2H3,(H,42,43). The Kier molecular flexibility index (Phi) is 10.6. The van der Waals surface area contributed by atoms with Crippen LogP contribution >= 0.6 is 11.6 Å². The first-order chi connectivity index (χ1) is 21.2. The molecule has 44 heavy (non-hydrogen) atoms. The predicted octanol–water partition coefficient (Wildman–Crippen LogP) is 7.00. The van der Waals surface area contributed by atoms with Gasteiger partial charge in [0.05, 0.1) is 5.56 Å². The molecule has 0 saturated carbocycles. The molecule has 3 aromatic rings. The van der Waals surface area contributed by atoms with Crippen molar-refractivity contribution in [3.05, 3.63) is 100 Å². The zero-order chi connectivity index (χ0) is 31.2. The fourth-order valence-electron chi connectivity index (χ4n) is 6.30. The number of halogens is 2. The minimum atomic E-state index is -0.919. The van der Waals surface area contributed by atoms with E-state index in [1.807, 2.05) is 25.1 Å². The van der Waals surface area contributed by atoms with Crippen molar-refractivity contribution in [3.63, 3.8) is 0 Å². The number of hydrogen-bond donors (Lipinski definition) is 1. The molecule has 2 fully saturated rings. The molecule has 2 aromatic carbocycles. The summed E-state index contributed by atoms with van der Waals surface area (Å²) in [5.74, 6) is -0.0217. The molecular formula is C35H42ClFN4O3. The number of carbonyl (C=O) groups is 1. The van der Waals surface area contributed by atoms with Gasteiger partial charge in [0.2, 0.25) is 5.88 Å². The Hall–Kier alpha value is -3.46. The second kappa shape index (κ2) is 14.5. The van der Waals surface area contributed by atoms with E-state index in [9.17, 15) is 14.3 Å². The third kappa shape index (κ3) is 7.97. The van der Waals surface area contributed by atoms with Gasteiger partial charge in [-0.05, 0) is 94.2 Å². The van der Waals surface area contributed by atoms with E-state index in [-0.39, 0.29) is 6.61 Å². The zero-order valence-corrected chi connectivity index (χ0v) is 26.4. The summed E-state index contributed by atoms with van der Waals surface area (Å²) in [7, 11) is 0. The predicted molar refractivity (Wildman–Crippen MR) is 173 cm³/mol. The van der Waals surface area contributed by atoms with Crippen molar-refractivity contribution in [2.45, 2.75) is 45.6 Å². The van der Waals surface area contributed by atoms with Crippen LogP contribution in [0.25, 0.3) is 0 Å². The molecular weight excluding hydrogens is 579 g/mol. The van der Waals surface area contributed by atoms with E-state index in [1.165, 1.54) is 6.07 Å². The molecule has 234 valence electrons. The van der Waals surface area contributed by atoms with Gasteiger partial charge in [0, 0.05) is 59.3 Å². The summed E-state index contributed by atoms with van der Waals surface area (Å²) in [6, 6.07) is 15.7. The van der Waals surface area contributed by atoms with Gasteiger partial charge in [-0.2, -0.15) is 0 Å². The largest absolute Gasteiger partial charge is 0.478 e. The van der Waals surface area contributed by atoms with Crippen molar-refractivity contribution in [2.75, 3.05) is 50.7 Å². The van der Waals surface area contributed by atoms with E-state index >= 15 is 0 Å². The van der Waals surface area contributed by atoms with Gasteiger partial charge in [0.15, 0.2) is 0 Å². The van der Waals surface area contributed by atoms with Crippen molar-refractivity contribution in [3.8, 4) is 5.88 Å². The number of benzene rings is 2. The van der Waals surface area contributed by atoms with Crippen LogP contribution in [0.3, 0.4) is 0 Å². The maximum absolute atomic E-state index is 14.2. The molecule has 0 spiro atoms. The number of rotatable bonds is 12. The van der Waals surface area contributed by atoms with E-state index in [2.05, 4.69) is 28.2 Å². The van der Waals surface area contributed by atoms with Crippen LogP contribution in [0.15, 0.2) is 66.9 Å². The zero-order valence-electron chi connectivity index (χ0n) is 25.6. The Morgan fingerprint density at radius 2 is 1.89 bits per heavy atom. The average Bonchev–Trinajstić information content (AvgIpc) is 3.48.